The van der Waals surface area contributed by atoms with Crippen LogP contribution in [0.2, 0.25) is 0 Å². The van der Waals surface area contributed by atoms with Gasteiger partial charge in [-0.05, 0) is 25.1 Å². The summed E-state index contributed by atoms with van der Waals surface area (Å²) in [6, 6.07) is 4.01. The van der Waals surface area contributed by atoms with Crippen LogP contribution in [-0.4, -0.2) is 36.2 Å². The summed E-state index contributed by atoms with van der Waals surface area (Å²) in [5.74, 6) is 0.792. The number of benzene rings is 1. The summed E-state index contributed by atoms with van der Waals surface area (Å²) in [5.41, 5.74) is 0.389. The zero-order valence-electron chi connectivity index (χ0n) is 9.80. The number of amides is 1. The number of nitrogens with one attached hydrogen (secondary N) is 1. The quantitative estimate of drug-likeness (QED) is 0.791. The summed E-state index contributed by atoms with van der Waals surface area (Å²) >= 11 is 0. The van der Waals surface area contributed by atoms with Crippen LogP contribution in [0.5, 0.6) is 11.5 Å². The third-order valence-corrected chi connectivity index (χ3v) is 2.56. The van der Waals surface area contributed by atoms with Gasteiger partial charge in [-0.15, -0.1) is 0 Å². The first-order valence-corrected chi connectivity index (χ1v) is 5.51. The Morgan fingerprint density at radius 3 is 2.61 bits per heavy atom. The molecule has 6 heteroatoms. The molecule has 0 unspecified atom stereocenters. The number of fused-ring (bicyclic) bond motifs is 1. The smallest absolute Gasteiger partial charge is 0.405 e. The molecule has 0 aliphatic carbocycles. The van der Waals surface area contributed by atoms with Gasteiger partial charge in [-0.2, -0.15) is 0 Å². The fourth-order valence-corrected chi connectivity index (χ4v) is 1.70. The first-order chi connectivity index (χ1) is 8.58. The normalized spacial score (nSPS) is 14.7. The molecule has 0 spiro atoms. The standard InChI is InChI=1S/C12H13NO5/c1-7(13-12(15)16)11(14)8-2-3-9-10(6-8)18-5-4-17-9/h2-3,6-7,13H,4-5H2,1H3,(H,15,16)/t7-/m0/s1. The Kier molecular flexibility index (Phi) is 3.36. The molecule has 0 radical (unpaired) electrons. The number of ether oxygens (including phenoxy) is 2. The molecule has 6 nitrogen and oxygen atoms in total. The molecule has 0 saturated carbocycles. The minimum Gasteiger partial charge on any atom is -0.486 e. The van der Waals surface area contributed by atoms with Crippen LogP contribution in [0.1, 0.15) is 17.3 Å². The van der Waals surface area contributed by atoms with Crippen molar-refractivity contribution in [3.05, 3.63) is 23.8 Å². The predicted molar refractivity (Wildman–Crippen MR) is 62.4 cm³/mol. The van der Waals surface area contributed by atoms with Gasteiger partial charge in [0.1, 0.15) is 13.2 Å². The summed E-state index contributed by atoms with van der Waals surface area (Å²) in [6.07, 6.45) is -1.23. The van der Waals surface area contributed by atoms with Crippen molar-refractivity contribution in [3.63, 3.8) is 0 Å². The summed E-state index contributed by atoms with van der Waals surface area (Å²) < 4.78 is 10.7. The molecule has 0 bridgehead atoms. The van der Waals surface area contributed by atoms with Gasteiger partial charge < -0.3 is 19.9 Å². The molecule has 2 rings (SSSR count). The number of hydrogen-bond donors (Lipinski definition) is 2. The van der Waals surface area contributed by atoms with E-state index in [0.29, 0.717) is 30.3 Å². The lowest BCUT2D eigenvalue weighted by Gasteiger charge is -2.19. The third-order valence-electron chi connectivity index (χ3n) is 2.56. The molecule has 1 aromatic carbocycles. The van der Waals surface area contributed by atoms with Crippen LogP contribution in [0, 0.1) is 0 Å². The third kappa shape index (κ3) is 2.53. The number of carbonyl (C=O) groups is 2. The molecule has 1 heterocycles. The Morgan fingerprint density at radius 2 is 1.94 bits per heavy atom. The summed E-state index contributed by atoms with van der Waals surface area (Å²) in [7, 11) is 0. The van der Waals surface area contributed by atoms with Crippen molar-refractivity contribution in [3.8, 4) is 11.5 Å². The second-order valence-corrected chi connectivity index (χ2v) is 3.89. The van der Waals surface area contributed by atoms with E-state index in [1.165, 1.54) is 6.92 Å². The molecule has 0 saturated heterocycles. The molecule has 0 aromatic heterocycles. The van der Waals surface area contributed by atoms with E-state index in [1.54, 1.807) is 18.2 Å². The van der Waals surface area contributed by atoms with E-state index < -0.39 is 12.1 Å². The highest BCUT2D eigenvalue weighted by Crippen LogP contribution is 2.31. The molecule has 1 atom stereocenters. The second kappa shape index (κ2) is 4.95. The Morgan fingerprint density at radius 1 is 1.28 bits per heavy atom. The van der Waals surface area contributed by atoms with Crippen LogP contribution < -0.4 is 14.8 Å². The van der Waals surface area contributed by atoms with Gasteiger partial charge in [0.05, 0.1) is 6.04 Å². The van der Waals surface area contributed by atoms with E-state index in [1.807, 2.05) is 0 Å². The number of carboxylic acid groups (broad SMARTS) is 1. The van der Waals surface area contributed by atoms with E-state index in [9.17, 15) is 9.59 Å². The average Bonchev–Trinajstić information content (AvgIpc) is 2.36. The van der Waals surface area contributed by atoms with Gasteiger partial charge in [0.15, 0.2) is 17.3 Å². The summed E-state index contributed by atoms with van der Waals surface area (Å²) in [4.78, 5) is 22.4. The largest absolute Gasteiger partial charge is 0.486 e. The van der Waals surface area contributed by atoms with Gasteiger partial charge in [-0.3, -0.25) is 4.79 Å². The molecule has 18 heavy (non-hydrogen) atoms. The van der Waals surface area contributed by atoms with E-state index in [0.717, 1.165) is 0 Å². The lowest BCUT2D eigenvalue weighted by atomic mass is 10.0. The molecule has 1 aliphatic rings. The minimum absolute atomic E-state index is 0.311. The van der Waals surface area contributed by atoms with E-state index in [4.69, 9.17) is 14.6 Å². The van der Waals surface area contributed by atoms with Crippen LogP contribution >= 0.6 is 0 Å². The van der Waals surface area contributed by atoms with Crippen LogP contribution in [-0.2, 0) is 0 Å². The lowest BCUT2D eigenvalue weighted by molar-refractivity contribution is 0.0944. The van der Waals surface area contributed by atoms with E-state index in [2.05, 4.69) is 5.32 Å². The van der Waals surface area contributed by atoms with Gasteiger partial charge >= 0.3 is 6.09 Å². The molecule has 1 aromatic rings. The first-order valence-electron chi connectivity index (χ1n) is 5.51. The number of carbonyl (C=O) groups excluding carboxylic acids is 1. The van der Waals surface area contributed by atoms with Crippen molar-refractivity contribution >= 4 is 11.9 Å². The van der Waals surface area contributed by atoms with Gasteiger partial charge in [0.25, 0.3) is 0 Å². The minimum atomic E-state index is -1.23. The van der Waals surface area contributed by atoms with Crippen LogP contribution in [0.25, 0.3) is 0 Å². The summed E-state index contributed by atoms with van der Waals surface area (Å²) in [5, 5.41) is 10.7. The highest BCUT2D eigenvalue weighted by atomic mass is 16.6. The second-order valence-electron chi connectivity index (χ2n) is 3.89. The Labute approximate surface area is 104 Å². The van der Waals surface area contributed by atoms with Gasteiger partial charge in [-0.1, -0.05) is 0 Å². The highest BCUT2D eigenvalue weighted by molar-refractivity contribution is 6.01. The van der Waals surface area contributed by atoms with Crippen molar-refractivity contribution in [1.82, 2.24) is 5.32 Å². The van der Waals surface area contributed by atoms with Crippen molar-refractivity contribution in [2.75, 3.05) is 13.2 Å². The maximum absolute atomic E-state index is 11.9. The zero-order chi connectivity index (χ0) is 13.1. The van der Waals surface area contributed by atoms with Crippen molar-refractivity contribution in [2.24, 2.45) is 0 Å². The number of ketones is 1. The SMILES string of the molecule is C[C@H](NC(=O)O)C(=O)c1ccc2c(c1)OCCO2. The Bertz CT molecular complexity index is 485. The first kappa shape index (κ1) is 12.2. The number of rotatable bonds is 3. The number of hydrogen-bond acceptors (Lipinski definition) is 4. The van der Waals surface area contributed by atoms with Crippen LogP contribution in [0.15, 0.2) is 18.2 Å². The van der Waals surface area contributed by atoms with Gasteiger partial charge in [-0.25, -0.2) is 4.79 Å². The molecule has 0 fully saturated rings. The van der Waals surface area contributed by atoms with Crippen molar-refractivity contribution < 1.29 is 24.2 Å². The fraction of sp³-hybridized carbons (Fsp3) is 0.333. The topological polar surface area (TPSA) is 84.9 Å². The molecule has 2 N–H and O–H groups in total. The van der Waals surface area contributed by atoms with Crippen molar-refractivity contribution in [1.29, 1.82) is 0 Å². The monoisotopic (exact) mass is 251 g/mol. The van der Waals surface area contributed by atoms with E-state index >= 15 is 0 Å². The maximum atomic E-state index is 11.9. The van der Waals surface area contributed by atoms with Crippen LogP contribution in [0.4, 0.5) is 4.79 Å². The lowest BCUT2D eigenvalue weighted by Crippen LogP contribution is -2.37. The maximum Gasteiger partial charge on any atom is 0.405 e. The van der Waals surface area contributed by atoms with E-state index in [-0.39, 0.29) is 5.78 Å². The van der Waals surface area contributed by atoms with Gasteiger partial charge in [0.2, 0.25) is 0 Å². The fourth-order valence-electron chi connectivity index (χ4n) is 1.70. The molecular weight excluding hydrogens is 238 g/mol. The van der Waals surface area contributed by atoms with Crippen molar-refractivity contribution in [2.45, 2.75) is 13.0 Å². The Hall–Kier alpha value is -2.24. The Balaban J connectivity index is 2.18. The molecule has 1 aliphatic heterocycles. The zero-order valence-corrected chi connectivity index (χ0v) is 9.80. The highest BCUT2D eigenvalue weighted by Gasteiger charge is 2.20. The average molecular weight is 251 g/mol. The van der Waals surface area contributed by atoms with Gasteiger partial charge in [0, 0.05) is 5.56 Å². The van der Waals surface area contributed by atoms with Crippen LogP contribution in [0.3, 0.4) is 0 Å². The number of Topliss-reactive ketones (excluding diaryl/α,β-unsaturated/α-hetero) is 1. The molecule has 96 valence electrons. The molecule has 1 amide bonds. The molecular formula is C12H13NO5. The predicted octanol–water partition coefficient (Wildman–Crippen LogP) is 1.30. The summed E-state index contributed by atoms with van der Waals surface area (Å²) in [6.45, 7) is 2.41.